The Hall–Kier alpha value is -4.14. The molecular weight excluding hydrogens is 424 g/mol. The topological polar surface area (TPSA) is 108 Å². The van der Waals surface area contributed by atoms with Crippen LogP contribution >= 0.6 is 0 Å². The Morgan fingerprint density at radius 1 is 1.06 bits per heavy atom. The molecule has 1 N–H and O–H groups in total. The van der Waals surface area contributed by atoms with Crippen molar-refractivity contribution in [1.29, 1.82) is 0 Å². The maximum absolute atomic E-state index is 12.9. The van der Waals surface area contributed by atoms with E-state index in [0.717, 1.165) is 18.4 Å². The Morgan fingerprint density at radius 2 is 1.82 bits per heavy atom. The van der Waals surface area contributed by atoms with Crippen molar-refractivity contribution < 1.29 is 19.4 Å². The zero-order chi connectivity index (χ0) is 22.9. The van der Waals surface area contributed by atoms with E-state index in [1.807, 2.05) is 18.2 Å². The number of para-hydroxylation sites is 2. The number of hydrogen-bond acceptors (Lipinski definition) is 6. The second-order valence-electron chi connectivity index (χ2n) is 7.86. The van der Waals surface area contributed by atoms with E-state index in [-0.39, 0.29) is 17.6 Å². The highest BCUT2D eigenvalue weighted by atomic mass is 16.5. The van der Waals surface area contributed by atoms with Gasteiger partial charge in [-0.05, 0) is 62.1 Å². The van der Waals surface area contributed by atoms with Crippen LogP contribution in [0.4, 0.5) is 4.79 Å². The van der Waals surface area contributed by atoms with Crippen molar-refractivity contribution in [2.45, 2.75) is 31.8 Å². The Labute approximate surface area is 188 Å². The highest BCUT2D eigenvalue weighted by Gasteiger charge is 2.21. The Balaban J connectivity index is 1.56. The summed E-state index contributed by atoms with van der Waals surface area (Å²) < 4.78 is 13.5. The van der Waals surface area contributed by atoms with Gasteiger partial charge in [0, 0.05) is 11.8 Å². The number of rotatable bonds is 5. The number of nitrogens with zero attached hydrogens (tertiary/aromatic N) is 4. The van der Waals surface area contributed by atoms with E-state index >= 15 is 0 Å². The molecule has 0 amide bonds. The fourth-order valence-corrected chi connectivity index (χ4v) is 4.25. The summed E-state index contributed by atoms with van der Waals surface area (Å²) in [7, 11) is 1.59. The van der Waals surface area contributed by atoms with Crippen LogP contribution in [0.5, 0.6) is 11.5 Å². The minimum Gasteiger partial charge on any atom is -0.493 e. The standard InChI is InChI=1S/C24H22N4O5/c1-32-21-14-15(10-11-20(21)33-16-6-2-3-7-16)17-12-13-25-22(26-17)27-18-8-4-5-9-19(18)28(23(27)29)24(30)31/h4-5,8-14,16H,2-3,6-7H2,1H3,(H,30,31). The molecule has 33 heavy (non-hydrogen) atoms. The Bertz CT molecular complexity index is 1400. The highest BCUT2D eigenvalue weighted by Crippen LogP contribution is 2.35. The lowest BCUT2D eigenvalue weighted by Crippen LogP contribution is -2.28. The van der Waals surface area contributed by atoms with Gasteiger partial charge in [-0.25, -0.2) is 24.1 Å². The maximum atomic E-state index is 12.9. The monoisotopic (exact) mass is 446 g/mol. The number of imidazole rings is 1. The molecule has 1 fully saturated rings. The van der Waals surface area contributed by atoms with Gasteiger partial charge in [0.05, 0.1) is 29.9 Å². The molecule has 168 valence electrons. The summed E-state index contributed by atoms with van der Waals surface area (Å²) in [5.41, 5.74) is 1.23. The molecule has 0 spiro atoms. The summed E-state index contributed by atoms with van der Waals surface area (Å²) in [6, 6.07) is 13.9. The first-order chi connectivity index (χ1) is 16.1. The van der Waals surface area contributed by atoms with Gasteiger partial charge in [0.1, 0.15) is 0 Å². The third-order valence-electron chi connectivity index (χ3n) is 5.84. The molecule has 0 saturated heterocycles. The van der Waals surface area contributed by atoms with Crippen molar-refractivity contribution in [2.75, 3.05) is 7.11 Å². The Kier molecular flexibility index (Phi) is 5.29. The van der Waals surface area contributed by atoms with Gasteiger partial charge in [0.25, 0.3) is 0 Å². The van der Waals surface area contributed by atoms with Crippen LogP contribution in [0.15, 0.2) is 59.5 Å². The SMILES string of the molecule is COc1cc(-c2ccnc(-n3c(=O)n(C(=O)O)c4ccccc43)n2)ccc1OC1CCCC1. The van der Waals surface area contributed by atoms with Gasteiger partial charge in [-0.2, -0.15) is 4.57 Å². The summed E-state index contributed by atoms with van der Waals surface area (Å²) in [6.45, 7) is 0. The van der Waals surface area contributed by atoms with Crippen LogP contribution in [-0.2, 0) is 0 Å². The van der Waals surface area contributed by atoms with Crippen molar-refractivity contribution in [3.05, 3.63) is 65.2 Å². The summed E-state index contributed by atoms with van der Waals surface area (Å²) in [6.07, 6.45) is 4.80. The van der Waals surface area contributed by atoms with E-state index in [4.69, 9.17) is 9.47 Å². The minimum atomic E-state index is -1.37. The molecule has 9 heteroatoms. The fraction of sp³-hybridized carbons (Fsp3) is 0.250. The average molecular weight is 446 g/mol. The number of benzene rings is 2. The molecule has 5 rings (SSSR count). The van der Waals surface area contributed by atoms with E-state index in [1.165, 1.54) is 23.6 Å². The van der Waals surface area contributed by atoms with Gasteiger partial charge in [-0.3, -0.25) is 0 Å². The summed E-state index contributed by atoms with van der Waals surface area (Å²) >= 11 is 0. The van der Waals surface area contributed by atoms with E-state index in [2.05, 4.69) is 9.97 Å². The predicted octanol–water partition coefficient (Wildman–Crippen LogP) is 4.11. The van der Waals surface area contributed by atoms with Gasteiger partial charge < -0.3 is 14.6 Å². The summed E-state index contributed by atoms with van der Waals surface area (Å²) in [4.78, 5) is 33.4. The summed E-state index contributed by atoms with van der Waals surface area (Å²) in [5, 5.41) is 9.53. The fourth-order valence-electron chi connectivity index (χ4n) is 4.25. The number of methoxy groups -OCH3 is 1. The molecule has 9 nitrogen and oxygen atoms in total. The van der Waals surface area contributed by atoms with E-state index in [1.54, 1.807) is 37.4 Å². The first-order valence-corrected chi connectivity index (χ1v) is 10.7. The lowest BCUT2D eigenvalue weighted by Gasteiger charge is -2.16. The van der Waals surface area contributed by atoms with Crippen molar-refractivity contribution >= 4 is 17.1 Å². The maximum Gasteiger partial charge on any atom is 0.420 e. The number of carboxylic acid groups (broad SMARTS) is 1. The van der Waals surface area contributed by atoms with E-state index in [9.17, 15) is 14.7 Å². The van der Waals surface area contributed by atoms with Crippen LogP contribution in [0, 0.1) is 0 Å². The van der Waals surface area contributed by atoms with Crippen molar-refractivity contribution in [2.24, 2.45) is 0 Å². The first-order valence-electron chi connectivity index (χ1n) is 10.7. The molecular formula is C24H22N4O5. The Morgan fingerprint density at radius 3 is 2.55 bits per heavy atom. The minimum absolute atomic E-state index is 0.0824. The number of ether oxygens (including phenoxy) is 2. The molecule has 0 bridgehead atoms. The van der Waals surface area contributed by atoms with Crippen LogP contribution in [0.2, 0.25) is 0 Å². The smallest absolute Gasteiger partial charge is 0.420 e. The normalized spacial score (nSPS) is 14.0. The first kappa shape index (κ1) is 20.7. The van der Waals surface area contributed by atoms with Crippen LogP contribution < -0.4 is 15.2 Å². The molecule has 0 unspecified atom stereocenters. The molecule has 4 aromatic rings. The number of carbonyl (C=O) groups is 1. The quantitative estimate of drug-likeness (QED) is 0.491. The molecule has 1 aliphatic carbocycles. The zero-order valence-electron chi connectivity index (χ0n) is 18.0. The molecule has 2 heterocycles. The number of fused-ring (bicyclic) bond motifs is 1. The highest BCUT2D eigenvalue weighted by molar-refractivity contribution is 5.86. The largest absolute Gasteiger partial charge is 0.493 e. The third-order valence-corrected chi connectivity index (χ3v) is 5.84. The van der Waals surface area contributed by atoms with Gasteiger partial charge >= 0.3 is 11.8 Å². The van der Waals surface area contributed by atoms with Crippen molar-refractivity contribution in [3.63, 3.8) is 0 Å². The van der Waals surface area contributed by atoms with Gasteiger partial charge in [-0.15, -0.1) is 0 Å². The number of hydrogen-bond donors (Lipinski definition) is 1. The van der Waals surface area contributed by atoms with Crippen LogP contribution in [0.3, 0.4) is 0 Å². The van der Waals surface area contributed by atoms with Crippen LogP contribution in [-0.4, -0.2) is 43.5 Å². The van der Waals surface area contributed by atoms with Crippen LogP contribution in [0.1, 0.15) is 25.7 Å². The van der Waals surface area contributed by atoms with Crippen LogP contribution in [0.25, 0.3) is 28.2 Å². The molecule has 0 aliphatic heterocycles. The van der Waals surface area contributed by atoms with Gasteiger partial charge in [0.15, 0.2) is 11.5 Å². The predicted molar refractivity (Wildman–Crippen MR) is 121 cm³/mol. The van der Waals surface area contributed by atoms with E-state index < -0.39 is 11.8 Å². The summed E-state index contributed by atoms with van der Waals surface area (Å²) in [5.74, 6) is 1.36. The molecule has 1 aliphatic rings. The number of aromatic nitrogens is 4. The molecule has 0 radical (unpaired) electrons. The van der Waals surface area contributed by atoms with Crippen molar-refractivity contribution in [1.82, 2.24) is 19.1 Å². The van der Waals surface area contributed by atoms with Gasteiger partial charge in [-0.1, -0.05) is 12.1 Å². The molecule has 1 saturated carbocycles. The zero-order valence-corrected chi connectivity index (χ0v) is 18.0. The lowest BCUT2D eigenvalue weighted by atomic mass is 10.1. The molecule has 0 atom stereocenters. The molecule has 2 aromatic heterocycles. The second-order valence-corrected chi connectivity index (χ2v) is 7.86. The molecule has 2 aromatic carbocycles. The van der Waals surface area contributed by atoms with E-state index in [0.29, 0.717) is 27.3 Å². The second kappa shape index (κ2) is 8.42. The average Bonchev–Trinajstić information content (AvgIpc) is 3.44. The van der Waals surface area contributed by atoms with Crippen molar-refractivity contribution in [3.8, 4) is 28.7 Å². The van der Waals surface area contributed by atoms with Gasteiger partial charge in [0.2, 0.25) is 5.95 Å². The lowest BCUT2D eigenvalue weighted by molar-refractivity contribution is 0.196. The third kappa shape index (κ3) is 3.71.